The first-order valence-electron chi connectivity index (χ1n) is 4.64. The normalized spacial score (nSPS) is 18.2. The van der Waals surface area contributed by atoms with Crippen LogP contribution in [0.25, 0.3) is 0 Å². The summed E-state index contributed by atoms with van der Waals surface area (Å²) >= 11 is 0. The SMILES string of the molecule is CC(C)N(C)C1CCNCC1.Cl.Cl. The Kier molecular flexibility index (Phi) is 9.65. The van der Waals surface area contributed by atoms with Crippen molar-refractivity contribution in [3.63, 3.8) is 0 Å². The highest BCUT2D eigenvalue weighted by molar-refractivity contribution is 5.85. The Hall–Kier alpha value is 0.500. The van der Waals surface area contributed by atoms with E-state index in [1.165, 1.54) is 25.9 Å². The van der Waals surface area contributed by atoms with E-state index in [-0.39, 0.29) is 24.8 Å². The summed E-state index contributed by atoms with van der Waals surface area (Å²) in [5.41, 5.74) is 0. The van der Waals surface area contributed by atoms with Gasteiger partial charge in [0.2, 0.25) is 0 Å². The van der Waals surface area contributed by atoms with Crippen LogP contribution in [0.5, 0.6) is 0 Å². The van der Waals surface area contributed by atoms with Gasteiger partial charge in [-0.2, -0.15) is 0 Å². The van der Waals surface area contributed by atoms with Gasteiger partial charge < -0.3 is 10.2 Å². The zero-order valence-corrected chi connectivity index (χ0v) is 10.4. The largest absolute Gasteiger partial charge is 0.317 e. The molecule has 1 aliphatic rings. The van der Waals surface area contributed by atoms with Gasteiger partial charge in [0.05, 0.1) is 0 Å². The molecule has 0 unspecified atom stereocenters. The molecule has 0 aliphatic carbocycles. The molecule has 1 saturated heterocycles. The molecule has 1 aliphatic heterocycles. The van der Waals surface area contributed by atoms with Crippen LogP contribution in [0, 0.1) is 0 Å². The summed E-state index contributed by atoms with van der Waals surface area (Å²) in [6, 6.07) is 1.51. The summed E-state index contributed by atoms with van der Waals surface area (Å²) in [4.78, 5) is 2.49. The van der Waals surface area contributed by atoms with Gasteiger partial charge in [-0.25, -0.2) is 0 Å². The van der Waals surface area contributed by atoms with Crippen molar-refractivity contribution in [1.82, 2.24) is 10.2 Å². The number of halogens is 2. The van der Waals surface area contributed by atoms with Gasteiger partial charge >= 0.3 is 0 Å². The zero-order valence-electron chi connectivity index (χ0n) is 8.75. The number of piperidine rings is 1. The summed E-state index contributed by atoms with van der Waals surface area (Å²) in [7, 11) is 2.24. The van der Waals surface area contributed by atoms with Gasteiger partial charge in [0.1, 0.15) is 0 Å². The Bertz CT molecular complexity index is 114. The molecule has 1 heterocycles. The van der Waals surface area contributed by atoms with E-state index >= 15 is 0 Å². The predicted octanol–water partition coefficient (Wildman–Crippen LogP) is 1.92. The second kappa shape index (κ2) is 7.86. The maximum atomic E-state index is 3.38. The molecule has 1 rings (SSSR count). The van der Waals surface area contributed by atoms with Gasteiger partial charge in [0.15, 0.2) is 0 Å². The minimum atomic E-state index is 0. The minimum absolute atomic E-state index is 0. The van der Waals surface area contributed by atoms with Crippen LogP contribution in [0.1, 0.15) is 26.7 Å². The molecule has 0 atom stereocenters. The minimum Gasteiger partial charge on any atom is -0.317 e. The molecule has 4 heteroatoms. The lowest BCUT2D eigenvalue weighted by molar-refractivity contribution is 0.161. The molecule has 0 spiro atoms. The molecule has 0 saturated carbocycles. The van der Waals surface area contributed by atoms with E-state index in [9.17, 15) is 0 Å². The van der Waals surface area contributed by atoms with Crippen LogP contribution in [0.4, 0.5) is 0 Å². The highest BCUT2D eigenvalue weighted by Crippen LogP contribution is 2.11. The summed E-state index contributed by atoms with van der Waals surface area (Å²) in [6.45, 7) is 6.92. The molecule has 2 nitrogen and oxygen atoms in total. The van der Waals surface area contributed by atoms with Crippen LogP contribution in [0.15, 0.2) is 0 Å². The molecule has 0 aromatic carbocycles. The highest BCUT2D eigenvalue weighted by atomic mass is 35.5. The van der Waals surface area contributed by atoms with Crippen LogP contribution < -0.4 is 5.32 Å². The third-order valence-corrected chi connectivity index (χ3v) is 2.70. The number of nitrogens with zero attached hydrogens (tertiary/aromatic N) is 1. The average molecular weight is 229 g/mol. The number of nitrogens with one attached hydrogen (secondary N) is 1. The monoisotopic (exact) mass is 228 g/mol. The van der Waals surface area contributed by atoms with Crippen molar-refractivity contribution in [1.29, 1.82) is 0 Å². The van der Waals surface area contributed by atoms with Crippen LogP contribution in [0.3, 0.4) is 0 Å². The van der Waals surface area contributed by atoms with Gasteiger partial charge in [-0.1, -0.05) is 0 Å². The molecular weight excluding hydrogens is 207 g/mol. The predicted molar refractivity (Wildman–Crippen MR) is 63.3 cm³/mol. The standard InChI is InChI=1S/C9H20N2.2ClH/c1-8(2)11(3)9-4-6-10-7-5-9;;/h8-10H,4-7H2,1-3H3;2*1H. The lowest BCUT2D eigenvalue weighted by Crippen LogP contribution is -2.43. The van der Waals surface area contributed by atoms with E-state index < -0.39 is 0 Å². The second-order valence-corrected chi connectivity index (χ2v) is 3.74. The second-order valence-electron chi connectivity index (χ2n) is 3.74. The molecule has 1 fully saturated rings. The fraction of sp³-hybridized carbons (Fsp3) is 1.00. The lowest BCUT2D eigenvalue weighted by Gasteiger charge is -2.34. The van der Waals surface area contributed by atoms with E-state index in [1.807, 2.05) is 0 Å². The molecule has 0 bridgehead atoms. The van der Waals surface area contributed by atoms with Gasteiger partial charge in [-0.15, -0.1) is 24.8 Å². The molecule has 0 aromatic rings. The fourth-order valence-electron chi connectivity index (χ4n) is 1.64. The van der Waals surface area contributed by atoms with Crippen molar-refractivity contribution in [3.8, 4) is 0 Å². The van der Waals surface area contributed by atoms with Crippen molar-refractivity contribution >= 4 is 24.8 Å². The fourth-order valence-corrected chi connectivity index (χ4v) is 1.64. The van der Waals surface area contributed by atoms with E-state index in [0.29, 0.717) is 6.04 Å². The van der Waals surface area contributed by atoms with Crippen molar-refractivity contribution in [2.75, 3.05) is 20.1 Å². The van der Waals surface area contributed by atoms with E-state index in [0.717, 1.165) is 6.04 Å². The molecule has 13 heavy (non-hydrogen) atoms. The van der Waals surface area contributed by atoms with Gasteiger partial charge in [0, 0.05) is 12.1 Å². The van der Waals surface area contributed by atoms with Gasteiger partial charge in [-0.05, 0) is 46.8 Å². The molecule has 82 valence electrons. The number of hydrogen-bond acceptors (Lipinski definition) is 2. The van der Waals surface area contributed by atoms with Crippen molar-refractivity contribution in [2.24, 2.45) is 0 Å². The van der Waals surface area contributed by atoms with Crippen LogP contribution in [0.2, 0.25) is 0 Å². The first-order chi connectivity index (χ1) is 5.22. The van der Waals surface area contributed by atoms with Crippen molar-refractivity contribution in [2.45, 2.75) is 38.8 Å². The number of hydrogen-bond donors (Lipinski definition) is 1. The topological polar surface area (TPSA) is 15.3 Å². The van der Waals surface area contributed by atoms with Gasteiger partial charge in [0.25, 0.3) is 0 Å². The Morgan fingerprint density at radius 2 is 1.62 bits per heavy atom. The molecule has 0 aromatic heterocycles. The molecule has 0 amide bonds. The Morgan fingerprint density at radius 3 is 2.00 bits per heavy atom. The maximum absolute atomic E-state index is 3.38. The Labute approximate surface area is 94.3 Å². The third-order valence-electron chi connectivity index (χ3n) is 2.70. The summed E-state index contributed by atoms with van der Waals surface area (Å²) in [5.74, 6) is 0. The van der Waals surface area contributed by atoms with Crippen molar-refractivity contribution < 1.29 is 0 Å². The van der Waals surface area contributed by atoms with Crippen LogP contribution >= 0.6 is 24.8 Å². The van der Waals surface area contributed by atoms with E-state index in [2.05, 4.69) is 31.1 Å². The first kappa shape index (κ1) is 15.9. The maximum Gasteiger partial charge on any atom is 0.0119 e. The zero-order chi connectivity index (χ0) is 8.27. The highest BCUT2D eigenvalue weighted by Gasteiger charge is 2.18. The van der Waals surface area contributed by atoms with Gasteiger partial charge in [-0.3, -0.25) is 0 Å². The smallest absolute Gasteiger partial charge is 0.0119 e. The summed E-state index contributed by atoms with van der Waals surface area (Å²) in [6.07, 6.45) is 2.63. The molecular formula is C9H22Cl2N2. The van der Waals surface area contributed by atoms with E-state index in [1.54, 1.807) is 0 Å². The Morgan fingerprint density at radius 1 is 1.15 bits per heavy atom. The van der Waals surface area contributed by atoms with Crippen LogP contribution in [-0.2, 0) is 0 Å². The summed E-state index contributed by atoms with van der Waals surface area (Å²) in [5, 5.41) is 3.38. The van der Waals surface area contributed by atoms with E-state index in [4.69, 9.17) is 0 Å². The van der Waals surface area contributed by atoms with Crippen molar-refractivity contribution in [3.05, 3.63) is 0 Å². The first-order valence-corrected chi connectivity index (χ1v) is 4.64. The van der Waals surface area contributed by atoms with Crippen LogP contribution in [-0.4, -0.2) is 37.1 Å². The third kappa shape index (κ3) is 5.06. The average Bonchev–Trinajstić information content (AvgIpc) is 2.05. The number of rotatable bonds is 2. The molecule has 1 N–H and O–H groups in total. The lowest BCUT2D eigenvalue weighted by atomic mass is 10.0. The summed E-state index contributed by atoms with van der Waals surface area (Å²) < 4.78 is 0. The Balaban J connectivity index is 0. The quantitative estimate of drug-likeness (QED) is 0.778. The molecule has 0 radical (unpaired) electrons.